The van der Waals surface area contributed by atoms with E-state index >= 15 is 0 Å². The molecule has 3 aromatic rings. The van der Waals surface area contributed by atoms with Gasteiger partial charge in [-0.1, -0.05) is 18.2 Å². The van der Waals surface area contributed by atoms with Crippen LogP contribution in [0.25, 0.3) is 11.5 Å². The van der Waals surface area contributed by atoms with Crippen LogP contribution in [0.5, 0.6) is 0 Å². The summed E-state index contributed by atoms with van der Waals surface area (Å²) in [5, 5.41) is 0. The largest absolute Gasteiger partial charge is 0.467 e. The molecular formula is C17H16N2O3. The topological polar surface area (TPSA) is 59.5 Å². The van der Waals surface area contributed by atoms with E-state index in [-0.39, 0.29) is 5.91 Å². The highest BCUT2D eigenvalue weighted by Gasteiger charge is 2.21. The molecule has 112 valence electrons. The summed E-state index contributed by atoms with van der Waals surface area (Å²) in [5.41, 5.74) is 1.17. The summed E-state index contributed by atoms with van der Waals surface area (Å²) in [4.78, 5) is 18.4. The lowest BCUT2D eigenvalue weighted by Gasteiger charge is -2.14. The summed E-state index contributed by atoms with van der Waals surface area (Å²) in [6.07, 6.45) is 1.59. The third-order valence-corrected chi connectivity index (χ3v) is 3.34. The maximum Gasteiger partial charge on any atom is 0.276 e. The number of aryl methyl sites for hydroxylation is 1. The number of benzene rings is 1. The Morgan fingerprint density at radius 3 is 2.64 bits per heavy atom. The van der Waals surface area contributed by atoms with Gasteiger partial charge in [-0.3, -0.25) is 4.79 Å². The van der Waals surface area contributed by atoms with Gasteiger partial charge in [0.1, 0.15) is 11.5 Å². The Morgan fingerprint density at radius 1 is 1.18 bits per heavy atom. The molecule has 2 heterocycles. The first-order chi connectivity index (χ1) is 10.6. The van der Waals surface area contributed by atoms with Crippen LogP contribution in [0.3, 0.4) is 0 Å². The van der Waals surface area contributed by atoms with Crippen molar-refractivity contribution in [3.63, 3.8) is 0 Å². The third kappa shape index (κ3) is 2.79. The highest BCUT2D eigenvalue weighted by Crippen LogP contribution is 2.22. The molecule has 2 aromatic heterocycles. The highest BCUT2D eigenvalue weighted by atomic mass is 16.4. The number of aromatic nitrogens is 1. The van der Waals surface area contributed by atoms with E-state index in [4.69, 9.17) is 8.83 Å². The number of rotatable bonds is 4. The number of hydrogen-bond acceptors (Lipinski definition) is 4. The molecular weight excluding hydrogens is 280 g/mol. The molecule has 0 atom stereocenters. The summed E-state index contributed by atoms with van der Waals surface area (Å²) >= 11 is 0. The quantitative estimate of drug-likeness (QED) is 0.739. The van der Waals surface area contributed by atoms with Gasteiger partial charge in [-0.25, -0.2) is 4.98 Å². The van der Waals surface area contributed by atoms with Crippen LogP contribution in [0, 0.1) is 6.92 Å². The minimum atomic E-state index is -0.195. The predicted octanol–water partition coefficient (Wildman–Crippen LogP) is 3.52. The van der Waals surface area contributed by atoms with E-state index in [2.05, 4.69) is 4.98 Å². The van der Waals surface area contributed by atoms with Gasteiger partial charge in [0.2, 0.25) is 5.89 Å². The Kier molecular flexibility index (Phi) is 3.78. The van der Waals surface area contributed by atoms with Crippen molar-refractivity contribution in [3.05, 3.63) is 65.9 Å². The second kappa shape index (κ2) is 5.89. The smallest absolute Gasteiger partial charge is 0.276 e. The van der Waals surface area contributed by atoms with E-state index in [0.29, 0.717) is 23.9 Å². The van der Waals surface area contributed by atoms with Gasteiger partial charge >= 0.3 is 0 Å². The Bertz CT molecular complexity index is 761. The van der Waals surface area contributed by atoms with Gasteiger partial charge in [0.15, 0.2) is 5.69 Å². The predicted molar refractivity (Wildman–Crippen MR) is 81.2 cm³/mol. The number of hydrogen-bond donors (Lipinski definition) is 0. The number of oxazole rings is 1. The molecule has 5 heteroatoms. The first-order valence-corrected chi connectivity index (χ1v) is 6.96. The molecule has 0 aliphatic rings. The van der Waals surface area contributed by atoms with Crippen LogP contribution in [-0.4, -0.2) is 22.8 Å². The number of carbonyl (C=O) groups excluding carboxylic acids is 1. The van der Waals surface area contributed by atoms with Crippen molar-refractivity contribution >= 4 is 5.91 Å². The monoisotopic (exact) mass is 296 g/mol. The average molecular weight is 296 g/mol. The first kappa shape index (κ1) is 14.1. The molecule has 0 bridgehead atoms. The van der Waals surface area contributed by atoms with Crippen molar-refractivity contribution in [3.8, 4) is 11.5 Å². The molecule has 3 rings (SSSR count). The van der Waals surface area contributed by atoms with E-state index < -0.39 is 0 Å². The van der Waals surface area contributed by atoms with Crippen molar-refractivity contribution in [2.45, 2.75) is 13.5 Å². The zero-order chi connectivity index (χ0) is 15.5. The maximum absolute atomic E-state index is 12.5. The van der Waals surface area contributed by atoms with Crippen LogP contribution in [0.2, 0.25) is 0 Å². The SMILES string of the molecule is Cc1oc(-c2ccccc2)nc1C(=O)N(C)Cc1ccco1. The van der Waals surface area contributed by atoms with Crippen LogP contribution >= 0.6 is 0 Å². The summed E-state index contributed by atoms with van der Waals surface area (Å²) in [5.74, 6) is 1.49. The van der Waals surface area contributed by atoms with Crippen LogP contribution in [0.4, 0.5) is 0 Å². The lowest BCUT2D eigenvalue weighted by Crippen LogP contribution is -2.26. The normalized spacial score (nSPS) is 10.6. The minimum absolute atomic E-state index is 0.195. The zero-order valence-electron chi connectivity index (χ0n) is 12.4. The summed E-state index contributed by atoms with van der Waals surface area (Å²) < 4.78 is 10.9. The van der Waals surface area contributed by atoms with E-state index in [1.807, 2.05) is 36.4 Å². The molecule has 0 saturated heterocycles. The lowest BCUT2D eigenvalue weighted by molar-refractivity contribution is 0.0768. The number of furan rings is 1. The Labute approximate surface area is 128 Å². The number of nitrogens with zero attached hydrogens (tertiary/aromatic N) is 2. The molecule has 0 aliphatic carbocycles. The summed E-state index contributed by atoms with van der Waals surface area (Å²) in [6.45, 7) is 2.13. The molecule has 0 radical (unpaired) electrons. The molecule has 0 saturated carbocycles. The Morgan fingerprint density at radius 2 is 1.95 bits per heavy atom. The number of amides is 1. The van der Waals surface area contributed by atoms with E-state index in [1.165, 1.54) is 0 Å². The fourth-order valence-corrected chi connectivity index (χ4v) is 2.19. The fourth-order valence-electron chi connectivity index (χ4n) is 2.19. The first-order valence-electron chi connectivity index (χ1n) is 6.96. The van der Waals surface area contributed by atoms with Crippen molar-refractivity contribution in [2.75, 3.05) is 7.05 Å². The fraction of sp³-hybridized carbons (Fsp3) is 0.176. The van der Waals surface area contributed by atoms with Crippen LogP contribution in [-0.2, 0) is 6.54 Å². The van der Waals surface area contributed by atoms with Crippen LogP contribution in [0.1, 0.15) is 22.0 Å². The molecule has 0 spiro atoms. The maximum atomic E-state index is 12.5. The second-order valence-electron chi connectivity index (χ2n) is 5.03. The second-order valence-corrected chi connectivity index (χ2v) is 5.03. The van der Waals surface area contributed by atoms with Gasteiger partial charge in [-0.05, 0) is 31.2 Å². The van der Waals surface area contributed by atoms with Crippen molar-refractivity contribution < 1.29 is 13.6 Å². The number of carbonyl (C=O) groups is 1. The van der Waals surface area contributed by atoms with E-state index in [9.17, 15) is 4.79 Å². The molecule has 1 amide bonds. The molecule has 5 nitrogen and oxygen atoms in total. The molecule has 22 heavy (non-hydrogen) atoms. The average Bonchev–Trinajstić information content (AvgIpc) is 3.17. The van der Waals surface area contributed by atoms with Gasteiger partial charge in [0.25, 0.3) is 5.91 Å². The molecule has 0 unspecified atom stereocenters. The highest BCUT2D eigenvalue weighted by molar-refractivity contribution is 5.93. The van der Waals surface area contributed by atoms with Crippen molar-refractivity contribution in [2.24, 2.45) is 0 Å². The Balaban J connectivity index is 1.82. The zero-order valence-corrected chi connectivity index (χ0v) is 12.4. The van der Waals surface area contributed by atoms with Gasteiger partial charge in [0, 0.05) is 12.6 Å². The van der Waals surface area contributed by atoms with Crippen molar-refractivity contribution in [1.82, 2.24) is 9.88 Å². The summed E-state index contributed by atoms with van der Waals surface area (Å²) in [7, 11) is 1.71. The van der Waals surface area contributed by atoms with E-state index in [0.717, 1.165) is 11.3 Å². The van der Waals surface area contributed by atoms with Gasteiger partial charge in [-0.15, -0.1) is 0 Å². The minimum Gasteiger partial charge on any atom is -0.467 e. The van der Waals surface area contributed by atoms with Gasteiger partial charge < -0.3 is 13.7 Å². The van der Waals surface area contributed by atoms with E-state index in [1.54, 1.807) is 31.2 Å². The molecule has 1 aromatic carbocycles. The standard InChI is InChI=1S/C17H16N2O3/c1-12-15(17(20)19(2)11-14-9-6-10-21-14)18-16(22-12)13-7-4-3-5-8-13/h3-10H,11H2,1-2H3. The Hall–Kier alpha value is -2.82. The molecule has 0 fully saturated rings. The van der Waals surface area contributed by atoms with Crippen LogP contribution < -0.4 is 0 Å². The summed E-state index contributed by atoms with van der Waals surface area (Å²) in [6, 6.07) is 13.1. The lowest BCUT2D eigenvalue weighted by atomic mass is 10.2. The van der Waals surface area contributed by atoms with Gasteiger partial charge in [-0.2, -0.15) is 0 Å². The van der Waals surface area contributed by atoms with Gasteiger partial charge in [0.05, 0.1) is 12.8 Å². The van der Waals surface area contributed by atoms with Crippen LogP contribution in [0.15, 0.2) is 57.6 Å². The molecule has 0 aliphatic heterocycles. The third-order valence-electron chi connectivity index (χ3n) is 3.34. The van der Waals surface area contributed by atoms with Crippen molar-refractivity contribution in [1.29, 1.82) is 0 Å². The molecule has 0 N–H and O–H groups in total.